The van der Waals surface area contributed by atoms with E-state index in [4.69, 9.17) is 10.2 Å². The minimum absolute atomic E-state index is 0.149. The molecule has 0 aliphatic carbocycles. The highest BCUT2D eigenvalue weighted by Gasteiger charge is 2.17. The lowest BCUT2D eigenvalue weighted by atomic mass is 9.98. The van der Waals surface area contributed by atoms with Crippen LogP contribution in [0.3, 0.4) is 0 Å². The minimum atomic E-state index is -0.892. The lowest BCUT2D eigenvalue weighted by Crippen LogP contribution is -2.28. The first kappa shape index (κ1) is 14.9. The van der Waals surface area contributed by atoms with E-state index in [0.717, 1.165) is 25.7 Å². The number of hydrogen-bond donors (Lipinski definition) is 3. The number of aliphatic hydroxyl groups excluding tert-OH is 2. The van der Waals surface area contributed by atoms with Crippen molar-refractivity contribution in [3.05, 3.63) is 0 Å². The number of aliphatic hydroxyl groups is 3. The molecule has 0 bridgehead atoms. The number of hydrogen-bond acceptors (Lipinski definition) is 3. The molecular weight excluding hydrogens is 192 g/mol. The van der Waals surface area contributed by atoms with Crippen LogP contribution in [0.4, 0.5) is 0 Å². The van der Waals surface area contributed by atoms with E-state index < -0.39 is 5.60 Å². The van der Waals surface area contributed by atoms with Gasteiger partial charge in [0, 0.05) is 6.61 Å². The monoisotopic (exact) mass is 218 g/mol. The molecule has 0 amide bonds. The van der Waals surface area contributed by atoms with Crippen LogP contribution >= 0.6 is 0 Å². The van der Waals surface area contributed by atoms with Crippen molar-refractivity contribution in [2.24, 2.45) is 0 Å². The molecule has 1 unspecified atom stereocenters. The second-order valence-electron chi connectivity index (χ2n) is 4.60. The predicted octanol–water partition coefficient (Wildman–Crippen LogP) is 1.84. The van der Waals surface area contributed by atoms with E-state index in [-0.39, 0.29) is 6.61 Å². The van der Waals surface area contributed by atoms with Crippen LogP contribution in [0.5, 0.6) is 0 Å². The Hall–Kier alpha value is -0.120. The molecule has 3 nitrogen and oxygen atoms in total. The Labute approximate surface area is 93.1 Å². The number of unbranched alkanes of at least 4 members (excludes halogenated alkanes) is 6. The fraction of sp³-hybridized carbons (Fsp3) is 1.00. The fourth-order valence-corrected chi connectivity index (χ4v) is 1.58. The molecular formula is C12H26O3. The van der Waals surface area contributed by atoms with Crippen LogP contribution < -0.4 is 0 Å². The SMILES string of the molecule is CC(O)(CO)CCCCCCCCCO. The van der Waals surface area contributed by atoms with Gasteiger partial charge in [0.25, 0.3) is 0 Å². The van der Waals surface area contributed by atoms with Gasteiger partial charge in [0.1, 0.15) is 0 Å². The minimum Gasteiger partial charge on any atom is -0.396 e. The molecule has 1 atom stereocenters. The van der Waals surface area contributed by atoms with E-state index in [2.05, 4.69) is 0 Å². The largest absolute Gasteiger partial charge is 0.396 e. The molecule has 3 N–H and O–H groups in total. The van der Waals surface area contributed by atoms with Crippen molar-refractivity contribution in [2.75, 3.05) is 13.2 Å². The maximum absolute atomic E-state index is 9.52. The van der Waals surface area contributed by atoms with Gasteiger partial charge in [0.05, 0.1) is 12.2 Å². The van der Waals surface area contributed by atoms with Gasteiger partial charge in [-0.1, -0.05) is 38.5 Å². The summed E-state index contributed by atoms with van der Waals surface area (Å²) in [7, 11) is 0. The van der Waals surface area contributed by atoms with Gasteiger partial charge in [0.2, 0.25) is 0 Å². The van der Waals surface area contributed by atoms with Gasteiger partial charge in [-0.3, -0.25) is 0 Å². The van der Waals surface area contributed by atoms with E-state index >= 15 is 0 Å². The van der Waals surface area contributed by atoms with Crippen LogP contribution in [0, 0.1) is 0 Å². The molecule has 3 heteroatoms. The van der Waals surface area contributed by atoms with Gasteiger partial charge in [-0.15, -0.1) is 0 Å². The molecule has 0 fully saturated rings. The third kappa shape index (κ3) is 10.2. The van der Waals surface area contributed by atoms with Crippen LogP contribution in [-0.2, 0) is 0 Å². The predicted molar refractivity (Wildman–Crippen MR) is 61.7 cm³/mol. The fourth-order valence-electron chi connectivity index (χ4n) is 1.58. The van der Waals surface area contributed by atoms with Gasteiger partial charge in [-0.2, -0.15) is 0 Å². The van der Waals surface area contributed by atoms with Crippen molar-refractivity contribution in [3.63, 3.8) is 0 Å². The molecule has 0 saturated heterocycles. The maximum atomic E-state index is 9.52. The zero-order valence-electron chi connectivity index (χ0n) is 9.91. The highest BCUT2D eigenvalue weighted by atomic mass is 16.3. The summed E-state index contributed by atoms with van der Waals surface area (Å²) in [5, 5.41) is 26.9. The van der Waals surface area contributed by atoms with Crippen LogP contribution in [-0.4, -0.2) is 34.1 Å². The summed E-state index contributed by atoms with van der Waals surface area (Å²) < 4.78 is 0. The average molecular weight is 218 g/mol. The standard InChI is InChI=1S/C12H26O3/c1-12(15,11-14)9-7-5-3-2-4-6-8-10-13/h13-15H,2-11H2,1H3. The Bertz CT molecular complexity index is 135. The van der Waals surface area contributed by atoms with E-state index in [1.165, 1.54) is 19.3 Å². The molecule has 0 saturated carbocycles. The van der Waals surface area contributed by atoms with Crippen molar-refractivity contribution in [3.8, 4) is 0 Å². The highest BCUT2D eigenvalue weighted by Crippen LogP contribution is 2.15. The molecule has 0 aromatic rings. The zero-order chi connectivity index (χ0) is 11.6. The van der Waals surface area contributed by atoms with Gasteiger partial charge in [0.15, 0.2) is 0 Å². The third-order valence-corrected chi connectivity index (χ3v) is 2.71. The summed E-state index contributed by atoms with van der Waals surface area (Å²) in [4.78, 5) is 0. The van der Waals surface area contributed by atoms with Gasteiger partial charge in [-0.05, 0) is 19.8 Å². The molecule has 0 aromatic heterocycles. The van der Waals surface area contributed by atoms with Gasteiger partial charge >= 0.3 is 0 Å². The second kappa shape index (κ2) is 9.13. The van der Waals surface area contributed by atoms with Crippen molar-refractivity contribution in [1.82, 2.24) is 0 Å². The van der Waals surface area contributed by atoms with Gasteiger partial charge in [-0.25, -0.2) is 0 Å². The summed E-state index contributed by atoms with van der Waals surface area (Å²) in [6, 6.07) is 0. The molecule has 0 aromatic carbocycles. The maximum Gasteiger partial charge on any atom is 0.0849 e. The van der Waals surface area contributed by atoms with Crippen molar-refractivity contribution in [2.45, 2.75) is 63.9 Å². The molecule has 0 rings (SSSR count). The first-order valence-electron chi connectivity index (χ1n) is 6.06. The topological polar surface area (TPSA) is 60.7 Å². The summed E-state index contributed by atoms with van der Waals surface area (Å²) in [5.41, 5.74) is -0.892. The zero-order valence-corrected chi connectivity index (χ0v) is 9.91. The summed E-state index contributed by atoms with van der Waals surface area (Å²) in [6.45, 7) is 1.83. The van der Waals surface area contributed by atoms with E-state index in [1.807, 2.05) is 0 Å². The van der Waals surface area contributed by atoms with Crippen LogP contribution in [0.2, 0.25) is 0 Å². The summed E-state index contributed by atoms with van der Waals surface area (Å²) >= 11 is 0. The van der Waals surface area contributed by atoms with Gasteiger partial charge < -0.3 is 15.3 Å². The molecule has 0 aliphatic heterocycles. The number of rotatable bonds is 10. The Morgan fingerprint density at radius 1 is 0.800 bits per heavy atom. The Morgan fingerprint density at radius 3 is 1.73 bits per heavy atom. The quantitative estimate of drug-likeness (QED) is 0.490. The summed E-state index contributed by atoms with van der Waals surface area (Å²) in [6.07, 6.45) is 8.40. The first-order chi connectivity index (χ1) is 7.12. The van der Waals surface area contributed by atoms with E-state index in [0.29, 0.717) is 13.0 Å². The Kier molecular flexibility index (Phi) is 9.06. The molecule has 15 heavy (non-hydrogen) atoms. The third-order valence-electron chi connectivity index (χ3n) is 2.71. The van der Waals surface area contributed by atoms with E-state index in [9.17, 15) is 5.11 Å². The molecule has 0 aliphatic rings. The molecule has 0 spiro atoms. The summed E-state index contributed by atoms with van der Waals surface area (Å²) in [5.74, 6) is 0. The van der Waals surface area contributed by atoms with E-state index in [1.54, 1.807) is 6.92 Å². The average Bonchev–Trinajstić information content (AvgIpc) is 2.22. The van der Waals surface area contributed by atoms with Crippen molar-refractivity contribution < 1.29 is 15.3 Å². The lowest BCUT2D eigenvalue weighted by Gasteiger charge is -2.19. The van der Waals surface area contributed by atoms with Crippen LogP contribution in [0.25, 0.3) is 0 Å². The second-order valence-corrected chi connectivity index (χ2v) is 4.60. The lowest BCUT2D eigenvalue weighted by molar-refractivity contribution is -0.00695. The van der Waals surface area contributed by atoms with Crippen molar-refractivity contribution >= 4 is 0 Å². The van der Waals surface area contributed by atoms with Crippen LogP contribution in [0.15, 0.2) is 0 Å². The highest BCUT2D eigenvalue weighted by molar-refractivity contribution is 4.70. The first-order valence-corrected chi connectivity index (χ1v) is 6.06. The Balaban J connectivity index is 3.11. The van der Waals surface area contributed by atoms with Crippen LogP contribution in [0.1, 0.15) is 58.3 Å². The smallest absolute Gasteiger partial charge is 0.0849 e. The molecule has 0 radical (unpaired) electrons. The molecule has 0 heterocycles. The Morgan fingerprint density at radius 2 is 1.27 bits per heavy atom. The normalized spacial score (nSPS) is 15.2. The molecule has 92 valence electrons. The van der Waals surface area contributed by atoms with Crippen molar-refractivity contribution in [1.29, 1.82) is 0 Å².